The standard InChI is InChI=1S/C17H26N4O4S.ClH/c1-12(17(23)21-10-4-5-15(11-21)18-3)20-26(24,25)16-8-6-14(7-9-16)19-13(2)22;/h6-9,12,15,18,20H,4-5,10-11H2,1-3H3,(H,19,22);1H. The second-order valence-corrected chi connectivity index (χ2v) is 8.17. The van der Waals surface area contributed by atoms with Crippen molar-refractivity contribution in [3.8, 4) is 0 Å². The van der Waals surface area contributed by atoms with Crippen LogP contribution in [-0.2, 0) is 19.6 Å². The fourth-order valence-corrected chi connectivity index (χ4v) is 4.16. The maximum atomic E-state index is 12.6. The van der Waals surface area contributed by atoms with Gasteiger partial charge in [-0.15, -0.1) is 12.4 Å². The predicted octanol–water partition coefficient (Wildman–Crippen LogP) is 0.944. The van der Waals surface area contributed by atoms with Gasteiger partial charge in [-0.25, -0.2) is 8.42 Å². The van der Waals surface area contributed by atoms with Gasteiger partial charge in [0, 0.05) is 31.7 Å². The van der Waals surface area contributed by atoms with E-state index in [1.807, 2.05) is 7.05 Å². The summed E-state index contributed by atoms with van der Waals surface area (Å²) >= 11 is 0. The van der Waals surface area contributed by atoms with Gasteiger partial charge in [-0.1, -0.05) is 0 Å². The summed E-state index contributed by atoms with van der Waals surface area (Å²) in [5.74, 6) is -0.470. The first-order valence-electron chi connectivity index (χ1n) is 8.59. The van der Waals surface area contributed by atoms with E-state index < -0.39 is 16.1 Å². The van der Waals surface area contributed by atoms with Crippen LogP contribution in [0, 0.1) is 0 Å². The number of amides is 2. The molecule has 0 aliphatic carbocycles. The average molecular weight is 419 g/mol. The molecular formula is C17H27ClN4O4S. The van der Waals surface area contributed by atoms with Gasteiger partial charge in [-0.2, -0.15) is 4.72 Å². The van der Waals surface area contributed by atoms with Crippen LogP contribution in [0.2, 0.25) is 0 Å². The molecule has 0 aromatic heterocycles. The van der Waals surface area contributed by atoms with E-state index in [1.54, 1.807) is 11.8 Å². The van der Waals surface area contributed by atoms with E-state index in [0.717, 1.165) is 12.8 Å². The van der Waals surface area contributed by atoms with Crippen molar-refractivity contribution in [2.75, 3.05) is 25.5 Å². The third-order valence-corrected chi connectivity index (χ3v) is 5.89. The highest BCUT2D eigenvalue weighted by molar-refractivity contribution is 7.89. The van der Waals surface area contributed by atoms with Gasteiger partial charge >= 0.3 is 0 Å². The first kappa shape index (κ1) is 23.4. The number of likely N-dealkylation sites (tertiary alicyclic amines) is 1. The fraction of sp³-hybridized carbons (Fsp3) is 0.529. The molecule has 0 saturated carbocycles. The molecule has 27 heavy (non-hydrogen) atoms. The van der Waals surface area contributed by atoms with Gasteiger partial charge in [0.1, 0.15) is 0 Å². The maximum absolute atomic E-state index is 12.6. The number of piperidine rings is 1. The monoisotopic (exact) mass is 418 g/mol. The van der Waals surface area contributed by atoms with Crippen molar-refractivity contribution in [3.05, 3.63) is 24.3 Å². The topological polar surface area (TPSA) is 108 Å². The first-order valence-corrected chi connectivity index (χ1v) is 10.1. The van der Waals surface area contributed by atoms with Crippen molar-refractivity contribution in [2.24, 2.45) is 0 Å². The number of sulfonamides is 1. The molecule has 0 radical (unpaired) electrons. The molecule has 8 nitrogen and oxygen atoms in total. The van der Waals surface area contributed by atoms with Gasteiger partial charge in [0.05, 0.1) is 10.9 Å². The van der Waals surface area contributed by atoms with E-state index in [0.29, 0.717) is 18.8 Å². The van der Waals surface area contributed by atoms with Gasteiger partial charge in [-0.3, -0.25) is 9.59 Å². The van der Waals surface area contributed by atoms with E-state index >= 15 is 0 Å². The van der Waals surface area contributed by atoms with Crippen molar-refractivity contribution < 1.29 is 18.0 Å². The molecule has 1 aromatic rings. The fourth-order valence-electron chi connectivity index (χ4n) is 2.96. The molecule has 152 valence electrons. The number of benzene rings is 1. The lowest BCUT2D eigenvalue weighted by Crippen LogP contribution is -2.53. The van der Waals surface area contributed by atoms with Crippen molar-refractivity contribution in [1.82, 2.24) is 14.9 Å². The van der Waals surface area contributed by atoms with Gasteiger partial charge in [0.15, 0.2) is 0 Å². The van der Waals surface area contributed by atoms with Gasteiger partial charge in [-0.05, 0) is 51.1 Å². The number of halogens is 1. The Hall–Kier alpha value is -1.68. The number of carbonyl (C=O) groups excluding carboxylic acids is 2. The minimum atomic E-state index is -3.83. The van der Waals surface area contributed by atoms with Crippen LogP contribution in [0.5, 0.6) is 0 Å². The Labute approximate surface area is 166 Å². The van der Waals surface area contributed by atoms with Crippen LogP contribution in [0.25, 0.3) is 0 Å². The molecule has 1 fully saturated rings. The van der Waals surface area contributed by atoms with E-state index in [-0.39, 0.29) is 35.2 Å². The minimum absolute atomic E-state index is 0. The normalized spacial score (nSPS) is 18.3. The molecule has 1 saturated heterocycles. The summed E-state index contributed by atoms with van der Waals surface area (Å²) in [6.45, 7) is 4.13. The Kier molecular flexibility index (Phi) is 8.67. The number of likely N-dealkylation sites (N-methyl/N-ethyl adjacent to an activating group) is 1. The van der Waals surface area contributed by atoms with Crippen LogP contribution < -0.4 is 15.4 Å². The summed E-state index contributed by atoms with van der Waals surface area (Å²) in [5, 5.41) is 5.73. The summed E-state index contributed by atoms with van der Waals surface area (Å²) in [5.41, 5.74) is 0.506. The highest BCUT2D eigenvalue weighted by Crippen LogP contribution is 2.16. The molecule has 2 rings (SSSR count). The molecule has 2 amide bonds. The number of anilines is 1. The van der Waals surface area contributed by atoms with E-state index in [9.17, 15) is 18.0 Å². The lowest BCUT2D eigenvalue weighted by molar-refractivity contribution is -0.133. The van der Waals surface area contributed by atoms with Crippen molar-refractivity contribution in [2.45, 2.75) is 43.7 Å². The molecular weight excluding hydrogens is 392 g/mol. The molecule has 1 heterocycles. The van der Waals surface area contributed by atoms with Crippen LogP contribution in [-0.4, -0.2) is 57.4 Å². The summed E-state index contributed by atoms with van der Waals surface area (Å²) in [4.78, 5) is 25.3. The van der Waals surface area contributed by atoms with Gasteiger partial charge in [0.25, 0.3) is 0 Å². The number of rotatable bonds is 6. The largest absolute Gasteiger partial charge is 0.340 e. The smallest absolute Gasteiger partial charge is 0.241 e. The van der Waals surface area contributed by atoms with Crippen LogP contribution in [0.15, 0.2) is 29.2 Å². The molecule has 0 bridgehead atoms. The summed E-state index contributed by atoms with van der Waals surface area (Å²) < 4.78 is 27.4. The molecule has 10 heteroatoms. The van der Waals surface area contributed by atoms with E-state index in [4.69, 9.17) is 0 Å². The summed E-state index contributed by atoms with van der Waals surface area (Å²) in [6, 6.07) is 5.17. The average Bonchev–Trinajstić information content (AvgIpc) is 2.60. The second-order valence-electron chi connectivity index (χ2n) is 6.46. The Bertz CT molecular complexity index is 755. The molecule has 1 aliphatic rings. The zero-order valence-electron chi connectivity index (χ0n) is 15.7. The van der Waals surface area contributed by atoms with E-state index in [1.165, 1.54) is 31.2 Å². The molecule has 3 N–H and O–H groups in total. The second kappa shape index (κ2) is 10.0. The summed E-state index contributed by atoms with van der Waals surface area (Å²) in [7, 11) is -1.98. The molecule has 1 aromatic carbocycles. The Morgan fingerprint density at radius 1 is 1.22 bits per heavy atom. The molecule has 0 spiro atoms. The maximum Gasteiger partial charge on any atom is 0.241 e. The lowest BCUT2D eigenvalue weighted by Gasteiger charge is -2.34. The number of nitrogens with one attached hydrogen (secondary N) is 3. The van der Waals surface area contributed by atoms with Crippen LogP contribution in [0.4, 0.5) is 5.69 Å². The molecule has 1 aliphatic heterocycles. The Morgan fingerprint density at radius 3 is 2.41 bits per heavy atom. The highest BCUT2D eigenvalue weighted by atomic mass is 35.5. The van der Waals surface area contributed by atoms with Crippen molar-refractivity contribution >= 4 is 39.9 Å². The first-order chi connectivity index (χ1) is 12.2. The van der Waals surface area contributed by atoms with Gasteiger partial charge in [0.2, 0.25) is 21.8 Å². The number of carbonyl (C=O) groups is 2. The SMILES string of the molecule is CNC1CCCN(C(=O)C(C)NS(=O)(=O)c2ccc(NC(C)=O)cc2)C1.Cl. The van der Waals surface area contributed by atoms with Crippen LogP contribution >= 0.6 is 12.4 Å². The van der Waals surface area contributed by atoms with Crippen LogP contribution in [0.3, 0.4) is 0 Å². The van der Waals surface area contributed by atoms with Gasteiger partial charge < -0.3 is 15.5 Å². The number of hydrogen-bond acceptors (Lipinski definition) is 5. The Balaban J connectivity index is 0.00000364. The number of hydrogen-bond donors (Lipinski definition) is 3. The zero-order valence-corrected chi connectivity index (χ0v) is 17.3. The molecule has 2 unspecified atom stereocenters. The molecule has 2 atom stereocenters. The van der Waals surface area contributed by atoms with Crippen molar-refractivity contribution in [1.29, 1.82) is 0 Å². The van der Waals surface area contributed by atoms with E-state index in [2.05, 4.69) is 15.4 Å². The third-order valence-electron chi connectivity index (χ3n) is 4.33. The third kappa shape index (κ3) is 6.46. The minimum Gasteiger partial charge on any atom is -0.340 e. The quantitative estimate of drug-likeness (QED) is 0.637. The zero-order chi connectivity index (χ0) is 19.3. The summed E-state index contributed by atoms with van der Waals surface area (Å²) in [6.07, 6.45) is 1.89. The highest BCUT2D eigenvalue weighted by Gasteiger charge is 2.29. The Morgan fingerprint density at radius 2 is 1.85 bits per heavy atom. The number of nitrogens with zero attached hydrogens (tertiary/aromatic N) is 1. The lowest BCUT2D eigenvalue weighted by atomic mass is 10.1. The van der Waals surface area contributed by atoms with Crippen molar-refractivity contribution in [3.63, 3.8) is 0 Å². The van der Waals surface area contributed by atoms with Crippen LogP contribution in [0.1, 0.15) is 26.7 Å². The predicted molar refractivity (Wildman–Crippen MR) is 106 cm³/mol.